The molecule has 1 aliphatic heterocycles. The summed E-state index contributed by atoms with van der Waals surface area (Å²) in [6, 6.07) is 10.5. The molecule has 1 saturated heterocycles. The average molecular weight is 300 g/mol. The van der Waals surface area contributed by atoms with Crippen LogP contribution in [0.3, 0.4) is 0 Å². The zero-order valence-corrected chi connectivity index (χ0v) is 14.1. The van der Waals surface area contributed by atoms with Gasteiger partial charge in [-0.2, -0.15) is 0 Å². The van der Waals surface area contributed by atoms with Crippen molar-refractivity contribution in [2.45, 2.75) is 45.1 Å². The molecule has 2 atom stereocenters. The number of amides is 1. The first-order valence-electron chi connectivity index (χ1n) is 8.55. The van der Waals surface area contributed by atoms with Gasteiger partial charge in [-0.05, 0) is 45.1 Å². The van der Waals surface area contributed by atoms with Gasteiger partial charge in [0.05, 0.1) is 0 Å². The third-order valence-corrected chi connectivity index (χ3v) is 5.09. The topological polar surface area (TPSA) is 23.6 Å². The molecule has 1 aromatic carbocycles. The van der Waals surface area contributed by atoms with E-state index < -0.39 is 0 Å². The quantitative estimate of drug-likeness (QED) is 0.838. The third kappa shape index (κ3) is 3.35. The number of nitrogens with zero attached hydrogens (tertiary/aromatic N) is 2. The molecule has 22 heavy (non-hydrogen) atoms. The van der Waals surface area contributed by atoms with Crippen molar-refractivity contribution >= 4 is 5.91 Å². The molecule has 0 N–H and O–H groups in total. The van der Waals surface area contributed by atoms with Crippen LogP contribution in [0, 0.1) is 5.92 Å². The van der Waals surface area contributed by atoms with Crippen molar-refractivity contribution in [3.63, 3.8) is 0 Å². The summed E-state index contributed by atoms with van der Waals surface area (Å²) in [6.45, 7) is 10.7. The van der Waals surface area contributed by atoms with Crippen LogP contribution in [0.4, 0.5) is 0 Å². The van der Waals surface area contributed by atoms with Crippen molar-refractivity contribution < 1.29 is 4.79 Å². The minimum absolute atomic E-state index is 0.200. The molecule has 1 amide bonds. The Morgan fingerprint density at radius 3 is 2.45 bits per heavy atom. The van der Waals surface area contributed by atoms with Gasteiger partial charge in [-0.3, -0.25) is 9.69 Å². The van der Waals surface area contributed by atoms with E-state index in [4.69, 9.17) is 0 Å². The highest BCUT2D eigenvalue weighted by molar-refractivity contribution is 5.83. The Balaban J connectivity index is 1.58. The highest BCUT2D eigenvalue weighted by Crippen LogP contribution is 2.48. The predicted molar refractivity (Wildman–Crippen MR) is 89.8 cm³/mol. The first kappa shape index (κ1) is 15.5. The molecule has 0 spiro atoms. The smallest absolute Gasteiger partial charge is 0.226 e. The summed E-state index contributed by atoms with van der Waals surface area (Å²) in [6.07, 6.45) is 2.12. The first-order valence-corrected chi connectivity index (χ1v) is 8.55. The van der Waals surface area contributed by atoms with Crippen LogP contribution in [0.1, 0.15) is 45.1 Å². The van der Waals surface area contributed by atoms with Crippen molar-refractivity contribution in [1.29, 1.82) is 0 Å². The molecule has 1 aromatic rings. The molecule has 0 radical (unpaired) electrons. The van der Waals surface area contributed by atoms with Crippen LogP contribution >= 0.6 is 0 Å². The fourth-order valence-corrected chi connectivity index (χ4v) is 3.58. The van der Waals surface area contributed by atoms with Gasteiger partial charge in [0.2, 0.25) is 5.91 Å². The molecule has 2 aliphatic rings. The van der Waals surface area contributed by atoms with Crippen molar-refractivity contribution in [1.82, 2.24) is 9.80 Å². The van der Waals surface area contributed by atoms with Gasteiger partial charge < -0.3 is 4.90 Å². The van der Waals surface area contributed by atoms with Crippen LogP contribution < -0.4 is 0 Å². The summed E-state index contributed by atoms with van der Waals surface area (Å²) in [5.74, 6) is 1.06. The van der Waals surface area contributed by atoms with Gasteiger partial charge in [0.25, 0.3) is 0 Å². The Morgan fingerprint density at radius 2 is 1.77 bits per heavy atom. The molecule has 0 aromatic heterocycles. The Labute approximate surface area is 134 Å². The molecule has 120 valence electrons. The van der Waals surface area contributed by atoms with E-state index in [9.17, 15) is 4.79 Å². The lowest BCUT2D eigenvalue weighted by atomic mass is 10.1. The van der Waals surface area contributed by atoms with E-state index in [0.29, 0.717) is 11.8 Å². The summed E-state index contributed by atoms with van der Waals surface area (Å²) < 4.78 is 0. The molecule has 3 heteroatoms. The number of hydrogen-bond donors (Lipinski definition) is 0. The molecule has 1 heterocycles. The van der Waals surface area contributed by atoms with E-state index >= 15 is 0 Å². The molecule has 1 aliphatic carbocycles. The molecule has 3 nitrogen and oxygen atoms in total. The van der Waals surface area contributed by atoms with E-state index in [2.05, 4.69) is 54.8 Å². The van der Waals surface area contributed by atoms with E-state index in [0.717, 1.165) is 39.0 Å². The fraction of sp³-hybridized carbons (Fsp3) is 0.632. The van der Waals surface area contributed by atoms with E-state index in [1.165, 1.54) is 5.56 Å². The zero-order chi connectivity index (χ0) is 15.7. The van der Waals surface area contributed by atoms with E-state index in [1.54, 1.807) is 0 Å². The summed E-state index contributed by atoms with van der Waals surface area (Å²) in [4.78, 5) is 17.4. The molecule has 1 saturated carbocycles. The van der Waals surface area contributed by atoms with Gasteiger partial charge in [-0.15, -0.1) is 0 Å². The Morgan fingerprint density at radius 1 is 1.05 bits per heavy atom. The van der Waals surface area contributed by atoms with Crippen LogP contribution in [-0.4, -0.2) is 47.4 Å². The molecule has 0 unspecified atom stereocenters. The minimum atomic E-state index is 0.200. The van der Waals surface area contributed by atoms with Gasteiger partial charge in [0.1, 0.15) is 0 Å². The highest BCUT2D eigenvalue weighted by Gasteiger charge is 2.45. The maximum absolute atomic E-state index is 12.8. The maximum atomic E-state index is 12.8. The third-order valence-electron chi connectivity index (χ3n) is 5.09. The van der Waals surface area contributed by atoms with Crippen molar-refractivity contribution in [3.05, 3.63) is 35.9 Å². The van der Waals surface area contributed by atoms with Crippen LogP contribution in [0.15, 0.2) is 30.3 Å². The summed E-state index contributed by atoms with van der Waals surface area (Å²) in [7, 11) is 0. The van der Waals surface area contributed by atoms with E-state index in [-0.39, 0.29) is 11.5 Å². The van der Waals surface area contributed by atoms with Gasteiger partial charge in [0.15, 0.2) is 0 Å². The monoisotopic (exact) mass is 300 g/mol. The summed E-state index contributed by atoms with van der Waals surface area (Å²) in [5, 5.41) is 0. The number of benzene rings is 1. The van der Waals surface area contributed by atoms with Crippen molar-refractivity contribution in [2.75, 3.05) is 26.2 Å². The Hall–Kier alpha value is -1.35. The second-order valence-electron chi connectivity index (χ2n) is 7.70. The number of carbonyl (C=O) groups is 1. The van der Waals surface area contributed by atoms with E-state index in [1.807, 2.05) is 6.07 Å². The van der Waals surface area contributed by atoms with Crippen LogP contribution in [-0.2, 0) is 4.79 Å². The standard InChI is InChI=1S/C19H28N2O/c1-19(2,3)21-11-7-10-20(12-13-21)18(22)17-14-16(17)15-8-5-4-6-9-15/h4-6,8-9,16-17H,7,10-14H2,1-3H3/t16-,17+/m1/s1. The second kappa shape index (κ2) is 6.04. The largest absolute Gasteiger partial charge is 0.341 e. The fourth-order valence-electron chi connectivity index (χ4n) is 3.58. The van der Waals surface area contributed by atoms with Gasteiger partial charge in [-0.25, -0.2) is 0 Å². The summed E-state index contributed by atoms with van der Waals surface area (Å²) in [5.41, 5.74) is 1.53. The number of carbonyl (C=O) groups excluding carboxylic acids is 1. The predicted octanol–water partition coefficient (Wildman–Crippen LogP) is 3.12. The Kier molecular flexibility index (Phi) is 4.26. The Bertz CT molecular complexity index is 520. The summed E-state index contributed by atoms with van der Waals surface area (Å²) >= 11 is 0. The lowest BCUT2D eigenvalue weighted by Crippen LogP contribution is -2.44. The first-order chi connectivity index (χ1) is 10.5. The average Bonchev–Trinajstić information content (AvgIpc) is 3.30. The number of hydrogen-bond acceptors (Lipinski definition) is 2. The highest BCUT2D eigenvalue weighted by atomic mass is 16.2. The molecule has 0 bridgehead atoms. The van der Waals surface area contributed by atoms with Gasteiger partial charge in [-0.1, -0.05) is 30.3 Å². The van der Waals surface area contributed by atoms with Crippen molar-refractivity contribution in [3.8, 4) is 0 Å². The van der Waals surface area contributed by atoms with Crippen molar-refractivity contribution in [2.24, 2.45) is 5.92 Å². The lowest BCUT2D eigenvalue weighted by molar-refractivity contribution is -0.132. The van der Waals surface area contributed by atoms with Crippen LogP contribution in [0.25, 0.3) is 0 Å². The lowest BCUT2D eigenvalue weighted by Gasteiger charge is -2.34. The minimum Gasteiger partial charge on any atom is -0.341 e. The molecule has 3 rings (SSSR count). The SMILES string of the molecule is CC(C)(C)N1CCCN(C(=O)[C@H]2C[C@@H]2c2ccccc2)CC1. The molecular weight excluding hydrogens is 272 g/mol. The van der Waals surface area contributed by atoms with Gasteiger partial charge in [0, 0.05) is 37.6 Å². The van der Waals surface area contributed by atoms with Crippen LogP contribution in [0.2, 0.25) is 0 Å². The molecule has 2 fully saturated rings. The van der Waals surface area contributed by atoms with Gasteiger partial charge >= 0.3 is 0 Å². The second-order valence-corrected chi connectivity index (χ2v) is 7.70. The molecular formula is C19H28N2O. The normalized spacial score (nSPS) is 26.6. The maximum Gasteiger partial charge on any atom is 0.226 e. The van der Waals surface area contributed by atoms with Crippen LogP contribution in [0.5, 0.6) is 0 Å². The number of rotatable bonds is 2. The zero-order valence-electron chi connectivity index (χ0n) is 14.1.